The van der Waals surface area contributed by atoms with Gasteiger partial charge in [0.05, 0.1) is 5.56 Å². The van der Waals surface area contributed by atoms with Gasteiger partial charge in [0.15, 0.2) is 18.1 Å². The summed E-state index contributed by atoms with van der Waals surface area (Å²) in [6.45, 7) is -0.181. The van der Waals surface area contributed by atoms with Crippen LogP contribution in [-0.2, 0) is 20.0 Å². The Hall–Kier alpha value is -4.61. The second kappa shape index (κ2) is 9.71. The van der Waals surface area contributed by atoms with Crippen LogP contribution in [0.25, 0.3) is 0 Å². The summed E-state index contributed by atoms with van der Waals surface area (Å²) in [6, 6.07) is 14.0. The van der Waals surface area contributed by atoms with Gasteiger partial charge in [-0.05, 0) is 54.6 Å². The molecule has 9 nitrogen and oxygen atoms in total. The first-order chi connectivity index (χ1) is 16.7. The Bertz CT molecular complexity index is 1350. The van der Waals surface area contributed by atoms with Crippen molar-refractivity contribution in [2.24, 2.45) is 7.05 Å². The minimum absolute atomic E-state index is 0.0246. The van der Waals surface area contributed by atoms with Gasteiger partial charge >= 0.3 is 6.18 Å². The standard InChI is InChI=1S/C23H19F3N6O3/c1-31-11-9-19(29-31)21(33)27-16-5-7-17(8-6-16)28-22(34)20-10-12-32(30-20)14-35-18-4-2-3-15(13-18)23(24,25)26/h2-13H,14H2,1H3,(H,27,33)(H,28,34). The van der Waals surface area contributed by atoms with Crippen molar-refractivity contribution in [2.45, 2.75) is 12.9 Å². The van der Waals surface area contributed by atoms with Crippen LogP contribution in [0, 0.1) is 0 Å². The molecule has 0 aliphatic heterocycles. The van der Waals surface area contributed by atoms with Gasteiger partial charge in [-0.15, -0.1) is 0 Å². The fraction of sp³-hybridized carbons (Fsp3) is 0.130. The number of ether oxygens (including phenoxy) is 1. The van der Waals surface area contributed by atoms with E-state index in [1.54, 1.807) is 43.6 Å². The molecule has 2 heterocycles. The maximum absolute atomic E-state index is 12.8. The number of nitrogens with one attached hydrogen (secondary N) is 2. The van der Waals surface area contributed by atoms with E-state index in [-0.39, 0.29) is 29.8 Å². The van der Waals surface area contributed by atoms with Crippen LogP contribution in [-0.4, -0.2) is 31.4 Å². The van der Waals surface area contributed by atoms with Crippen molar-refractivity contribution in [3.8, 4) is 5.75 Å². The number of rotatable bonds is 7. The Morgan fingerprint density at radius 1 is 0.886 bits per heavy atom. The molecular formula is C23H19F3N6O3. The first-order valence-corrected chi connectivity index (χ1v) is 10.2. The summed E-state index contributed by atoms with van der Waals surface area (Å²) in [5.74, 6) is -0.829. The van der Waals surface area contributed by atoms with E-state index in [4.69, 9.17) is 4.74 Å². The monoisotopic (exact) mass is 484 g/mol. The van der Waals surface area contributed by atoms with E-state index in [9.17, 15) is 22.8 Å². The van der Waals surface area contributed by atoms with Gasteiger partial charge in [-0.1, -0.05) is 6.07 Å². The number of anilines is 2. The van der Waals surface area contributed by atoms with Gasteiger partial charge in [-0.3, -0.25) is 14.3 Å². The van der Waals surface area contributed by atoms with Crippen molar-refractivity contribution in [2.75, 3.05) is 10.6 Å². The summed E-state index contributed by atoms with van der Waals surface area (Å²) in [5, 5.41) is 13.5. The van der Waals surface area contributed by atoms with Gasteiger partial charge in [-0.2, -0.15) is 23.4 Å². The van der Waals surface area contributed by atoms with Crippen LogP contribution in [0.15, 0.2) is 73.1 Å². The highest BCUT2D eigenvalue weighted by atomic mass is 19.4. The molecule has 2 amide bonds. The average molecular weight is 484 g/mol. The van der Waals surface area contributed by atoms with E-state index < -0.39 is 17.6 Å². The molecule has 4 aromatic rings. The maximum Gasteiger partial charge on any atom is 0.416 e. The number of carbonyl (C=O) groups is 2. The summed E-state index contributed by atoms with van der Waals surface area (Å²) < 4.78 is 46.6. The molecule has 2 N–H and O–H groups in total. The first-order valence-electron chi connectivity index (χ1n) is 10.2. The van der Waals surface area contributed by atoms with Gasteiger partial charge in [0.2, 0.25) is 0 Å². The number of aromatic nitrogens is 4. The van der Waals surface area contributed by atoms with E-state index in [0.29, 0.717) is 11.4 Å². The van der Waals surface area contributed by atoms with Crippen LogP contribution in [0.5, 0.6) is 5.75 Å². The highest BCUT2D eigenvalue weighted by Gasteiger charge is 2.30. The molecule has 0 saturated carbocycles. The molecule has 0 bridgehead atoms. The number of nitrogens with zero attached hydrogens (tertiary/aromatic N) is 4. The maximum atomic E-state index is 12.8. The normalized spacial score (nSPS) is 11.2. The third-order valence-corrected chi connectivity index (χ3v) is 4.75. The summed E-state index contributed by atoms with van der Waals surface area (Å²) in [4.78, 5) is 24.6. The minimum atomic E-state index is -4.47. The van der Waals surface area contributed by atoms with E-state index in [0.717, 1.165) is 12.1 Å². The van der Waals surface area contributed by atoms with Crippen molar-refractivity contribution in [1.29, 1.82) is 0 Å². The Labute approximate surface area is 197 Å². The van der Waals surface area contributed by atoms with E-state index in [2.05, 4.69) is 20.8 Å². The molecule has 0 radical (unpaired) electrons. The number of benzene rings is 2. The molecule has 0 aliphatic carbocycles. The minimum Gasteiger partial charge on any atom is -0.471 e. The fourth-order valence-corrected chi connectivity index (χ4v) is 3.02. The van der Waals surface area contributed by atoms with Crippen LogP contribution < -0.4 is 15.4 Å². The first kappa shape index (κ1) is 23.5. The predicted molar refractivity (Wildman–Crippen MR) is 120 cm³/mol. The van der Waals surface area contributed by atoms with Crippen LogP contribution in [0.1, 0.15) is 26.5 Å². The summed E-state index contributed by atoms with van der Waals surface area (Å²) in [6.07, 6.45) is -1.34. The number of hydrogen-bond acceptors (Lipinski definition) is 5. The molecule has 0 saturated heterocycles. The number of carbonyl (C=O) groups excluding carboxylic acids is 2. The lowest BCUT2D eigenvalue weighted by molar-refractivity contribution is -0.137. The van der Waals surface area contributed by atoms with Crippen molar-refractivity contribution < 1.29 is 27.5 Å². The van der Waals surface area contributed by atoms with E-state index in [1.165, 1.54) is 33.8 Å². The van der Waals surface area contributed by atoms with Gasteiger partial charge in [0, 0.05) is 30.8 Å². The number of hydrogen-bond donors (Lipinski definition) is 2. The zero-order chi connectivity index (χ0) is 25.0. The van der Waals surface area contributed by atoms with Crippen LogP contribution in [0.3, 0.4) is 0 Å². The second-order valence-electron chi connectivity index (χ2n) is 7.40. The Balaban J connectivity index is 1.31. The van der Waals surface area contributed by atoms with Crippen molar-refractivity contribution in [3.63, 3.8) is 0 Å². The summed E-state index contributed by atoms with van der Waals surface area (Å²) >= 11 is 0. The quantitative estimate of drug-likeness (QED) is 0.410. The van der Waals surface area contributed by atoms with Gasteiger partial charge in [0.1, 0.15) is 5.75 Å². The van der Waals surface area contributed by atoms with E-state index >= 15 is 0 Å². The van der Waals surface area contributed by atoms with Crippen LogP contribution in [0.4, 0.5) is 24.5 Å². The average Bonchev–Trinajstić information content (AvgIpc) is 3.48. The number of alkyl halides is 3. The van der Waals surface area contributed by atoms with Crippen molar-refractivity contribution in [1.82, 2.24) is 19.6 Å². The van der Waals surface area contributed by atoms with Gasteiger partial charge in [0.25, 0.3) is 11.8 Å². The van der Waals surface area contributed by atoms with Gasteiger partial charge in [-0.25, -0.2) is 4.68 Å². The molecular weight excluding hydrogens is 465 g/mol. The fourth-order valence-electron chi connectivity index (χ4n) is 3.02. The summed E-state index contributed by atoms with van der Waals surface area (Å²) in [7, 11) is 1.71. The molecule has 0 unspecified atom stereocenters. The predicted octanol–water partition coefficient (Wildman–Crippen LogP) is 4.18. The molecule has 2 aromatic heterocycles. The van der Waals surface area contributed by atoms with Crippen molar-refractivity contribution >= 4 is 23.2 Å². The highest BCUT2D eigenvalue weighted by molar-refractivity contribution is 6.04. The Morgan fingerprint density at radius 2 is 1.49 bits per heavy atom. The molecule has 0 fully saturated rings. The second-order valence-corrected chi connectivity index (χ2v) is 7.40. The van der Waals surface area contributed by atoms with Crippen molar-refractivity contribution in [3.05, 3.63) is 90.0 Å². The lowest BCUT2D eigenvalue weighted by atomic mass is 10.2. The summed E-state index contributed by atoms with van der Waals surface area (Å²) in [5.41, 5.74) is 0.538. The molecule has 4 rings (SSSR count). The number of halogens is 3. The largest absolute Gasteiger partial charge is 0.471 e. The molecule has 2 aromatic carbocycles. The van der Waals surface area contributed by atoms with Crippen LogP contribution >= 0.6 is 0 Å². The molecule has 35 heavy (non-hydrogen) atoms. The van der Waals surface area contributed by atoms with Gasteiger partial charge < -0.3 is 15.4 Å². The lowest BCUT2D eigenvalue weighted by Crippen LogP contribution is -2.15. The zero-order valence-electron chi connectivity index (χ0n) is 18.3. The van der Waals surface area contributed by atoms with Crippen LogP contribution in [0.2, 0.25) is 0 Å². The third-order valence-electron chi connectivity index (χ3n) is 4.75. The molecule has 12 heteroatoms. The number of amides is 2. The Morgan fingerprint density at radius 3 is 2.06 bits per heavy atom. The molecule has 0 aliphatic rings. The molecule has 0 atom stereocenters. The highest BCUT2D eigenvalue weighted by Crippen LogP contribution is 2.31. The Kier molecular flexibility index (Phi) is 6.53. The lowest BCUT2D eigenvalue weighted by Gasteiger charge is -2.10. The molecule has 0 spiro atoms. The zero-order valence-corrected chi connectivity index (χ0v) is 18.3. The smallest absolute Gasteiger partial charge is 0.416 e. The SMILES string of the molecule is Cn1ccc(C(=O)Nc2ccc(NC(=O)c3ccn(COc4cccc(C(F)(F)F)c4)n3)cc2)n1. The number of aryl methyl sites for hydroxylation is 1. The topological polar surface area (TPSA) is 103 Å². The molecule has 180 valence electrons. The van der Waals surface area contributed by atoms with E-state index in [1.807, 2.05) is 0 Å². The third kappa shape index (κ3) is 6.05.